The molecule has 1 N–H and O–H groups in total. The van der Waals surface area contributed by atoms with E-state index in [2.05, 4.69) is 20.8 Å². The molecule has 0 heterocycles. The fraction of sp³-hybridized carbons (Fsp3) is 1.00. The van der Waals surface area contributed by atoms with Crippen molar-refractivity contribution in [2.45, 2.75) is 33.6 Å². The Morgan fingerprint density at radius 2 is 1.78 bits per heavy atom. The molecule has 0 spiro atoms. The molecule has 0 aromatic heterocycles. The number of rotatable bonds is 4. The van der Waals surface area contributed by atoms with E-state index in [1.807, 2.05) is 0 Å². The summed E-state index contributed by atoms with van der Waals surface area (Å²) in [4.78, 5) is 0. The van der Waals surface area contributed by atoms with E-state index in [1.165, 1.54) is 6.42 Å². The molecule has 2 atom stereocenters. The highest BCUT2D eigenvalue weighted by Gasteiger charge is 2.10. The average Bonchev–Trinajstić information content (AvgIpc) is 1.90. The maximum atomic E-state index is 8.83. The first-order chi connectivity index (χ1) is 4.26. The minimum absolute atomic E-state index is 0.353. The molecule has 0 radical (unpaired) electrons. The zero-order chi connectivity index (χ0) is 7.28. The van der Waals surface area contributed by atoms with Crippen LogP contribution in [0.15, 0.2) is 0 Å². The van der Waals surface area contributed by atoms with Crippen LogP contribution in [-0.4, -0.2) is 11.7 Å². The molecule has 1 nitrogen and oxygen atoms in total. The van der Waals surface area contributed by atoms with Gasteiger partial charge in [-0.05, 0) is 11.8 Å². The lowest BCUT2D eigenvalue weighted by atomic mass is 9.90. The Morgan fingerprint density at radius 1 is 1.22 bits per heavy atom. The highest BCUT2D eigenvalue weighted by atomic mass is 16.3. The van der Waals surface area contributed by atoms with E-state index in [0.717, 1.165) is 6.42 Å². The lowest BCUT2D eigenvalue weighted by molar-refractivity contribution is 0.176. The Kier molecular flexibility index (Phi) is 4.78. The van der Waals surface area contributed by atoms with Gasteiger partial charge >= 0.3 is 0 Å². The number of aliphatic hydroxyl groups is 1. The molecule has 0 aliphatic carbocycles. The largest absolute Gasteiger partial charge is 0.396 e. The van der Waals surface area contributed by atoms with Crippen LogP contribution in [0.5, 0.6) is 0 Å². The number of hydrogen-bond donors (Lipinski definition) is 1. The number of hydrogen-bond acceptors (Lipinski definition) is 1. The van der Waals surface area contributed by atoms with Crippen LogP contribution in [0.4, 0.5) is 0 Å². The molecule has 56 valence electrons. The summed E-state index contributed by atoms with van der Waals surface area (Å²) in [6.07, 6.45) is 2.28. The molecular formula is C8H18O. The van der Waals surface area contributed by atoms with Crippen molar-refractivity contribution < 1.29 is 5.11 Å². The fourth-order valence-electron chi connectivity index (χ4n) is 1.04. The smallest absolute Gasteiger partial charge is 0.0461 e. The van der Waals surface area contributed by atoms with Crippen LogP contribution >= 0.6 is 0 Å². The third-order valence-electron chi connectivity index (χ3n) is 2.21. The monoisotopic (exact) mass is 130 g/mol. The van der Waals surface area contributed by atoms with Gasteiger partial charge in [-0.25, -0.2) is 0 Å². The van der Waals surface area contributed by atoms with Crippen LogP contribution in [-0.2, 0) is 0 Å². The van der Waals surface area contributed by atoms with Crippen LogP contribution in [0, 0.1) is 11.8 Å². The Labute approximate surface area is 58.1 Å². The van der Waals surface area contributed by atoms with Crippen LogP contribution < -0.4 is 0 Å². The van der Waals surface area contributed by atoms with Crippen molar-refractivity contribution in [2.24, 2.45) is 11.8 Å². The molecule has 1 heteroatoms. The van der Waals surface area contributed by atoms with Crippen molar-refractivity contribution >= 4 is 0 Å². The molecule has 0 bridgehead atoms. The first kappa shape index (κ1) is 8.96. The van der Waals surface area contributed by atoms with Crippen molar-refractivity contribution in [3.63, 3.8) is 0 Å². The molecule has 0 aliphatic rings. The summed E-state index contributed by atoms with van der Waals surface area (Å²) in [6.45, 7) is 6.85. The van der Waals surface area contributed by atoms with E-state index in [1.54, 1.807) is 0 Å². The van der Waals surface area contributed by atoms with Gasteiger partial charge in [0.1, 0.15) is 0 Å². The first-order valence-electron chi connectivity index (χ1n) is 3.87. The van der Waals surface area contributed by atoms with E-state index < -0.39 is 0 Å². The van der Waals surface area contributed by atoms with Crippen molar-refractivity contribution in [3.05, 3.63) is 0 Å². The summed E-state index contributed by atoms with van der Waals surface area (Å²) in [5, 5.41) is 8.83. The van der Waals surface area contributed by atoms with Crippen molar-refractivity contribution in [1.29, 1.82) is 0 Å². The van der Waals surface area contributed by atoms with Crippen LogP contribution in [0.25, 0.3) is 0 Å². The SMILES string of the molecule is CCC(CO)[C@@H](C)CC. The summed E-state index contributed by atoms with van der Waals surface area (Å²) >= 11 is 0. The predicted octanol–water partition coefficient (Wildman–Crippen LogP) is 2.05. The predicted molar refractivity (Wildman–Crippen MR) is 40.3 cm³/mol. The van der Waals surface area contributed by atoms with Crippen molar-refractivity contribution in [1.82, 2.24) is 0 Å². The summed E-state index contributed by atoms with van der Waals surface area (Å²) in [6, 6.07) is 0. The zero-order valence-corrected chi connectivity index (χ0v) is 6.72. The van der Waals surface area contributed by atoms with E-state index in [0.29, 0.717) is 18.4 Å². The molecule has 0 saturated heterocycles. The summed E-state index contributed by atoms with van der Waals surface area (Å²) in [5.74, 6) is 1.20. The molecule has 0 saturated carbocycles. The van der Waals surface area contributed by atoms with Gasteiger partial charge in [-0.1, -0.05) is 33.6 Å². The second kappa shape index (κ2) is 4.80. The average molecular weight is 130 g/mol. The number of aliphatic hydroxyl groups excluding tert-OH is 1. The quantitative estimate of drug-likeness (QED) is 0.617. The normalized spacial score (nSPS) is 17.3. The van der Waals surface area contributed by atoms with Crippen LogP contribution in [0.2, 0.25) is 0 Å². The van der Waals surface area contributed by atoms with Crippen molar-refractivity contribution in [2.75, 3.05) is 6.61 Å². The zero-order valence-electron chi connectivity index (χ0n) is 6.72. The minimum Gasteiger partial charge on any atom is -0.396 e. The summed E-state index contributed by atoms with van der Waals surface area (Å²) in [7, 11) is 0. The molecule has 0 rings (SSSR count). The van der Waals surface area contributed by atoms with E-state index in [4.69, 9.17) is 5.11 Å². The van der Waals surface area contributed by atoms with Gasteiger partial charge in [0.15, 0.2) is 0 Å². The fourth-order valence-corrected chi connectivity index (χ4v) is 1.04. The molecule has 1 unspecified atom stereocenters. The summed E-state index contributed by atoms with van der Waals surface area (Å²) in [5.41, 5.74) is 0. The van der Waals surface area contributed by atoms with Gasteiger partial charge in [0.05, 0.1) is 0 Å². The van der Waals surface area contributed by atoms with E-state index >= 15 is 0 Å². The van der Waals surface area contributed by atoms with E-state index in [9.17, 15) is 0 Å². The maximum absolute atomic E-state index is 8.83. The third kappa shape index (κ3) is 2.85. The standard InChI is InChI=1S/C8H18O/c1-4-7(3)8(5-2)6-9/h7-9H,4-6H2,1-3H3/t7-,8?/m0/s1. The molecule has 0 aromatic carbocycles. The van der Waals surface area contributed by atoms with Crippen LogP contribution in [0.1, 0.15) is 33.6 Å². The topological polar surface area (TPSA) is 20.2 Å². The van der Waals surface area contributed by atoms with Gasteiger partial charge in [0.25, 0.3) is 0 Å². The molecular weight excluding hydrogens is 112 g/mol. The van der Waals surface area contributed by atoms with Gasteiger partial charge in [-0.2, -0.15) is 0 Å². The second-order valence-electron chi connectivity index (χ2n) is 2.74. The summed E-state index contributed by atoms with van der Waals surface area (Å²) < 4.78 is 0. The van der Waals surface area contributed by atoms with Gasteiger partial charge in [0.2, 0.25) is 0 Å². The Hall–Kier alpha value is -0.0400. The molecule has 0 aromatic rings. The molecule has 0 fully saturated rings. The Morgan fingerprint density at radius 3 is 1.89 bits per heavy atom. The Bertz CT molecular complexity index is 57.6. The lowest BCUT2D eigenvalue weighted by Gasteiger charge is -2.17. The van der Waals surface area contributed by atoms with Gasteiger partial charge in [-0.3, -0.25) is 0 Å². The third-order valence-corrected chi connectivity index (χ3v) is 2.21. The van der Waals surface area contributed by atoms with Gasteiger partial charge in [0, 0.05) is 6.61 Å². The first-order valence-corrected chi connectivity index (χ1v) is 3.87. The maximum Gasteiger partial charge on any atom is 0.0461 e. The van der Waals surface area contributed by atoms with Crippen molar-refractivity contribution in [3.8, 4) is 0 Å². The van der Waals surface area contributed by atoms with E-state index in [-0.39, 0.29) is 0 Å². The highest BCUT2D eigenvalue weighted by molar-refractivity contribution is 4.61. The lowest BCUT2D eigenvalue weighted by Crippen LogP contribution is -2.13. The highest BCUT2D eigenvalue weighted by Crippen LogP contribution is 2.17. The molecule has 0 aliphatic heterocycles. The second-order valence-corrected chi connectivity index (χ2v) is 2.74. The van der Waals surface area contributed by atoms with Gasteiger partial charge in [-0.15, -0.1) is 0 Å². The molecule has 9 heavy (non-hydrogen) atoms. The van der Waals surface area contributed by atoms with Gasteiger partial charge < -0.3 is 5.11 Å². The minimum atomic E-state index is 0.353. The Balaban J connectivity index is 3.50. The van der Waals surface area contributed by atoms with Crippen LogP contribution in [0.3, 0.4) is 0 Å². The molecule has 0 amide bonds.